The van der Waals surface area contributed by atoms with E-state index in [1.165, 1.54) is 0 Å². The zero-order valence-corrected chi connectivity index (χ0v) is 21.9. The first kappa shape index (κ1) is 26.8. The second-order valence-corrected chi connectivity index (χ2v) is 9.26. The molecule has 2 aliphatic heterocycles. The van der Waals surface area contributed by atoms with E-state index in [-0.39, 0.29) is 11.8 Å². The fourth-order valence-corrected chi connectivity index (χ4v) is 5.10. The van der Waals surface area contributed by atoms with Crippen LogP contribution in [-0.2, 0) is 14.3 Å². The van der Waals surface area contributed by atoms with Crippen molar-refractivity contribution in [2.45, 2.75) is 25.3 Å². The number of piperidine rings is 1. The number of morpholine rings is 1. The molecule has 2 heterocycles. The number of carbonyl (C=O) groups is 2. The highest BCUT2D eigenvalue weighted by atomic mass is 16.5. The van der Waals surface area contributed by atoms with Crippen molar-refractivity contribution in [3.63, 3.8) is 0 Å². The second-order valence-electron chi connectivity index (χ2n) is 9.26. The minimum atomic E-state index is -0.492. The highest BCUT2D eigenvalue weighted by molar-refractivity contribution is 5.97. The normalized spacial score (nSPS) is 20.4. The van der Waals surface area contributed by atoms with Gasteiger partial charge in [-0.1, -0.05) is 6.07 Å². The van der Waals surface area contributed by atoms with Gasteiger partial charge in [-0.2, -0.15) is 0 Å². The summed E-state index contributed by atoms with van der Waals surface area (Å²) in [4.78, 5) is 30.9. The van der Waals surface area contributed by atoms with E-state index in [9.17, 15) is 9.59 Å². The van der Waals surface area contributed by atoms with Crippen molar-refractivity contribution in [2.75, 3.05) is 65.6 Å². The van der Waals surface area contributed by atoms with Crippen molar-refractivity contribution in [2.24, 2.45) is 5.92 Å². The van der Waals surface area contributed by atoms with Crippen LogP contribution in [-0.4, -0.2) is 77.4 Å². The van der Waals surface area contributed by atoms with Crippen molar-refractivity contribution >= 4 is 17.5 Å². The zero-order chi connectivity index (χ0) is 26.2. The summed E-state index contributed by atoms with van der Waals surface area (Å²) >= 11 is 0. The average Bonchev–Trinajstić information content (AvgIpc) is 2.95. The highest BCUT2D eigenvalue weighted by Gasteiger charge is 2.41. The molecule has 4 rings (SSSR count). The molecule has 9 nitrogen and oxygen atoms in total. The summed E-state index contributed by atoms with van der Waals surface area (Å²) in [5.74, 6) is 1.35. The van der Waals surface area contributed by atoms with Gasteiger partial charge >= 0.3 is 0 Å². The largest absolute Gasteiger partial charge is 0.497 e. The Morgan fingerprint density at radius 3 is 2.41 bits per heavy atom. The quantitative estimate of drug-likeness (QED) is 0.491. The van der Waals surface area contributed by atoms with Gasteiger partial charge in [0.2, 0.25) is 11.8 Å². The van der Waals surface area contributed by atoms with Crippen molar-refractivity contribution < 1.29 is 28.5 Å². The van der Waals surface area contributed by atoms with E-state index in [0.29, 0.717) is 36.6 Å². The van der Waals surface area contributed by atoms with Gasteiger partial charge in [-0.3, -0.25) is 14.5 Å². The molecule has 2 atom stereocenters. The zero-order valence-electron chi connectivity index (χ0n) is 21.9. The highest BCUT2D eigenvalue weighted by Crippen LogP contribution is 2.42. The molecule has 2 amide bonds. The molecule has 2 aromatic rings. The van der Waals surface area contributed by atoms with E-state index >= 15 is 0 Å². The van der Waals surface area contributed by atoms with E-state index in [1.54, 1.807) is 26.2 Å². The summed E-state index contributed by atoms with van der Waals surface area (Å²) in [6.45, 7) is 4.88. The molecule has 0 bridgehead atoms. The minimum absolute atomic E-state index is 0.0266. The number of rotatable bonds is 10. The van der Waals surface area contributed by atoms with Crippen LogP contribution in [0.15, 0.2) is 42.5 Å². The number of benzene rings is 2. The predicted molar refractivity (Wildman–Crippen MR) is 140 cm³/mol. The Labute approximate surface area is 218 Å². The summed E-state index contributed by atoms with van der Waals surface area (Å²) < 4.78 is 21.7. The monoisotopic (exact) mass is 511 g/mol. The maximum absolute atomic E-state index is 13.5. The minimum Gasteiger partial charge on any atom is -0.497 e. The van der Waals surface area contributed by atoms with Gasteiger partial charge in [0.25, 0.3) is 0 Å². The Morgan fingerprint density at radius 2 is 1.73 bits per heavy atom. The summed E-state index contributed by atoms with van der Waals surface area (Å²) in [7, 11) is 4.76. The Hall–Kier alpha value is -3.30. The van der Waals surface area contributed by atoms with Gasteiger partial charge < -0.3 is 29.2 Å². The van der Waals surface area contributed by atoms with E-state index in [1.807, 2.05) is 42.5 Å². The Balaban J connectivity index is 1.58. The lowest BCUT2D eigenvalue weighted by molar-refractivity contribution is -0.129. The molecule has 0 saturated carbocycles. The summed E-state index contributed by atoms with van der Waals surface area (Å²) in [6.07, 6.45) is 1.63. The van der Waals surface area contributed by atoms with E-state index in [2.05, 4.69) is 10.2 Å². The lowest BCUT2D eigenvalue weighted by Gasteiger charge is -2.41. The third kappa shape index (κ3) is 6.34. The number of anilines is 1. The number of nitrogens with one attached hydrogen (secondary N) is 1. The lowest BCUT2D eigenvalue weighted by atomic mass is 9.83. The topological polar surface area (TPSA) is 89.6 Å². The van der Waals surface area contributed by atoms with Crippen LogP contribution in [0.3, 0.4) is 0 Å². The van der Waals surface area contributed by atoms with Gasteiger partial charge in [0.1, 0.15) is 5.75 Å². The van der Waals surface area contributed by atoms with E-state index < -0.39 is 12.0 Å². The Bertz CT molecular complexity index is 1050. The van der Waals surface area contributed by atoms with Gasteiger partial charge in [-0.05, 0) is 61.3 Å². The fraction of sp³-hybridized carbons (Fsp3) is 0.500. The van der Waals surface area contributed by atoms with Gasteiger partial charge in [-0.15, -0.1) is 0 Å². The number of nitrogens with zero attached hydrogens (tertiary/aromatic N) is 2. The first-order chi connectivity index (χ1) is 18.0. The molecule has 0 aliphatic carbocycles. The third-order valence-corrected chi connectivity index (χ3v) is 7.09. The van der Waals surface area contributed by atoms with Gasteiger partial charge in [0.15, 0.2) is 11.5 Å². The molecule has 0 unspecified atom stereocenters. The van der Waals surface area contributed by atoms with E-state index in [0.717, 1.165) is 50.5 Å². The molecule has 200 valence electrons. The third-order valence-electron chi connectivity index (χ3n) is 7.09. The second kappa shape index (κ2) is 12.8. The SMILES string of the molecule is COc1ccc(N2C(=O)CC[C@H](C(=O)NCCCN3CCOCC3)[C@@H]2c2ccc(OC)c(OC)c2)cc1. The molecule has 0 spiro atoms. The van der Waals surface area contributed by atoms with Crippen molar-refractivity contribution in [1.29, 1.82) is 0 Å². The number of ether oxygens (including phenoxy) is 4. The number of methoxy groups -OCH3 is 3. The number of amides is 2. The van der Waals surface area contributed by atoms with Crippen LogP contribution < -0.4 is 24.4 Å². The summed E-state index contributed by atoms with van der Waals surface area (Å²) in [6, 6.07) is 12.4. The molecule has 0 radical (unpaired) electrons. The maximum atomic E-state index is 13.5. The van der Waals surface area contributed by atoms with Crippen LogP contribution in [0.2, 0.25) is 0 Å². The fourth-order valence-electron chi connectivity index (χ4n) is 5.10. The molecule has 0 aromatic heterocycles. The van der Waals surface area contributed by atoms with Crippen LogP contribution in [0.1, 0.15) is 30.9 Å². The van der Waals surface area contributed by atoms with Gasteiger partial charge in [0, 0.05) is 31.7 Å². The van der Waals surface area contributed by atoms with Crippen LogP contribution >= 0.6 is 0 Å². The molecule has 2 fully saturated rings. The maximum Gasteiger partial charge on any atom is 0.227 e. The molecule has 2 saturated heterocycles. The predicted octanol–water partition coefficient (Wildman–Crippen LogP) is 3.04. The first-order valence-corrected chi connectivity index (χ1v) is 12.8. The number of hydrogen-bond acceptors (Lipinski definition) is 7. The molecular weight excluding hydrogens is 474 g/mol. The Kier molecular flexibility index (Phi) is 9.24. The molecule has 2 aliphatic rings. The van der Waals surface area contributed by atoms with Crippen molar-refractivity contribution in [3.8, 4) is 17.2 Å². The van der Waals surface area contributed by atoms with Crippen molar-refractivity contribution in [3.05, 3.63) is 48.0 Å². The molecule has 2 aromatic carbocycles. The van der Waals surface area contributed by atoms with Crippen LogP contribution in [0.25, 0.3) is 0 Å². The summed E-state index contributed by atoms with van der Waals surface area (Å²) in [5, 5.41) is 3.14. The molecular formula is C28H37N3O6. The number of hydrogen-bond donors (Lipinski definition) is 1. The average molecular weight is 512 g/mol. The van der Waals surface area contributed by atoms with Gasteiger partial charge in [-0.25, -0.2) is 0 Å². The number of carbonyl (C=O) groups excluding carboxylic acids is 2. The Morgan fingerprint density at radius 1 is 1.00 bits per heavy atom. The molecule has 9 heteroatoms. The molecule has 1 N–H and O–H groups in total. The standard InChI is InChI=1S/C28H37N3O6/c1-34-22-8-6-21(7-9-22)31-26(32)12-10-23(27(31)20-5-11-24(35-2)25(19-20)36-3)28(33)29-13-4-14-30-15-17-37-18-16-30/h5-9,11,19,23,27H,4,10,12-18H2,1-3H3,(H,29,33)/t23-,27-/m0/s1. The lowest BCUT2D eigenvalue weighted by Crippen LogP contribution is -2.48. The van der Waals surface area contributed by atoms with Crippen LogP contribution in [0, 0.1) is 5.92 Å². The smallest absolute Gasteiger partial charge is 0.227 e. The van der Waals surface area contributed by atoms with Gasteiger partial charge in [0.05, 0.1) is 46.5 Å². The van der Waals surface area contributed by atoms with Crippen LogP contribution in [0.5, 0.6) is 17.2 Å². The first-order valence-electron chi connectivity index (χ1n) is 12.8. The van der Waals surface area contributed by atoms with Crippen molar-refractivity contribution in [1.82, 2.24) is 10.2 Å². The van der Waals surface area contributed by atoms with E-state index in [4.69, 9.17) is 18.9 Å². The molecule has 37 heavy (non-hydrogen) atoms. The summed E-state index contributed by atoms with van der Waals surface area (Å²) in [5.41, 5.74) is 1.53. The van der Waals surface area contributed by atoms with Crippen LogP contribution in [0.4, 0.5) is 5.69 Å².